The summed E-state index contributed by atoms with van der Waals surface area (Å²) in [6.07, 6.45) is 6.48. The molecule has 0 amide bonds. The molecule has 0 saturated heterocycles. The average molecular weight is 380 g/mol. The van der Waals surface area contributed by atoms with Crippen molar-refractivity contribution in [2.45, 2.75) is 13.1 Å². The van der Waals surface area contributed by atoms with Crippen molar-refractivity contribution in [1.82, 2.24) is 9.80 Å². The molecule has 0 aliphatic carbocycles. The van der Waals surface area contributed by atoms with Crippen LogP contribution in [0.25, 0.3) is 12.2 Å². The van der Waals surface area contributed by atoms with Crippen LogP contribution in [0, 0.1) is 0 Å². The van der Waals surface area contributed by atoms with Gasteiger partial charge < -0.3 is 20.0 Å². The van der Waals surface area contributed by atoms with Crippen molar-refractivity contribution >= 4 is 17.9 Å². The van der Waals surface area contributed by atoms with E-state index in [1.165, 1.54) is 12.2 Å². The summed E-state index contributed by atoms with van der Waals surface area (Å²) >= 11 is 0. The Labute approximate surface area is 166 Å². The molecule has 0 atom stereocenters. The van der Waals surface area contributed by atoms with Crippen LogP contribution in [0.15, 0.2) is 48.6 Å². The van der Waals surface area contributed by atoms with E-state index in [4.69, 9.17) is 0 Å². The molecule has 0 heterocycles. The number of allylic oxidation sites excluding steroid dienone is 2. The highest BCUT2D eigenvalue weighted by Gasteiger charge is 2.04. The Hall–Kier alpha value is -2.89. The third kappa shape index (κ3) is 6.68. The molecule has 0 fully saturated rings. The fourth-order valence-electron chi connectivity index (χ4n) is 2.77. The van der Waals surface area contributed by atoms with Gasteiger partial charge in [0, 0.05) is 24.2 Å². The summed E-state index contributed by atoms with van der Waals surface area (Å²) in [4.78, 5) is 16.1. The lowest BCUT2D eigenvalue weighted by Crippen LogP contribution is -2.10. The Bertz CT molecular complexity index is 812. The van der Waals surface area contributed by atoms with Crippen LogP contribution in [0.4, 0.5) is 0 Å². The number of nitrogens with zero attached hydrogens (tertiary/aromatic N) is 2. The second kappa shape index (κ2) is 9.88. The monoisotopic (exact) mass is 380 g/mol. The summed E-state index contributed by atoms with van der Waals surface area (Å²) in [7, 11) is 7.74. The molecule has 2 aromatic carbocycles. The Morgan fingerprint density at radius 1 is 0.786 bits per heavy atom. The molecule has 5 nitrogen and oxygen atoms in total. The Balaban J connectivity index is 2.07. The Morgan fingerprint density at radius 2 is 1.18 bits per heavy atom. The van der Waals surface area contributed by atoms with Gasteiger partial charge in [0.15, 0.2) is 5.78 Å². The molecular formula is C23H28N2O3. The number of phenolic OH excluding ortho intramolecular Hbond substituents is 2. The van der Waals surface area contributed by atoms with E-state index in [0.29, 0.717) is 13.1 Å². The molecule has 2 N–H and O–H groups in total. The van der Waals surface area contributed by atoms with Crippen LogP contribution in [-0.2, 0) is 17.9 Å². The fourth-order valence-corrected chi connectivity index (χ4v) is 2.77. The first kappa shape index (κ1) is 21.4. The number of rotatable bonds is 8. The second-order valence-corrected chi connectivity index (χ2v) is 7.32. The summed E-state index contributed by atoms with van der Waals surface area (Å²) in [5, 5.41) is 19.8. The number of hydrogen-bond donors (Lipinski definition) is 2. The minimum absolute atomic E-state index is 0.135. The maximum absolute atomic E-state index is 12.2. The van der Waals surface area contributed by atoms with Crippen LogP contribution in [-0.4, -0.2) is 54.0 Å². The first-order valence-corrected chi connectivity index (χ1v) is 9.08. The number of benzene rings is 2. The van der Waals surface area contributed by atoms with Crippen LogP contribution in [0.3, 0.4) is 0 Å². The molecule has 0 aromatic heterocycles. The van der Waals surface area contributed by atoms with Gasteiger partial charge in [-0.05, 0) is 75.7 Å². The van der Waals surface area contributed by atoms with Crippen LogP contribution in [0.5, 0.6) is 11.5 Å². The van der Waals surface area contributed by atoms with E-state index in [-0.39, 0.29) is 17.3 Å². The van der Waals surface area contributed by atoms with Gasteiger partial charge in [-0.15, -0.1) is 0 Å². The van der Waals surface area contributed by atoms with Gasteiger partial charge in [-0.2, -0.15) is 0 Å². The van der Waals surface area contributed by atoms with Gasteiger partial charge in [0.1, 0.15) is 11.5 Å². The van der Waals surface area contributed by atoms with Gasteiger partial charge in [0.05, 0.1) is 0 Å². The molecule has 0 radical (unpaired) electrons. The van der Waals surface area contributed by atoms with Crippen LogP contribution in [0.1, 0.15) is 22.3 Å². The molecule has 5 heteroatoms. The third-order valence-corrected chi connectivity index (χ3v) is 4.06. The van der Waals surface area contributed by atoms with E-state index >= 15 is 0 Å². The molecule has 28 heavy (non-hydrogen) atoms. The van der Waals surface area contributed by atoms with Gasteiger partial charge in [0.25, 0.3) is 0 Å². The minimum Gasteiger partial charge on any atom is -0.508 e. The zero-order chi connectivity index (χ0) is 20.7. The zero-order valence-electron chi connectivity index (χ0n) is 16.9. The summed E-state index contributed by atoms with van der Waals surface area (Å²) in [6, 6.07) is 10.6. The highest BCUT2D eigenvalue weighted by Crippen LogP contribution is 2.21. The van der Waals surface area contributed by atoms with E-state index in [2.05, 4.69) is 0 Å². The van der Waals surface area contributed by atoms with Gasteiger partial charge >= 0.3 is 0 Å². The molecule has 2 rings (SSSR count). The molecule has 2 aromatic rings. The van der Waals surface area contributed by atoms with Crippen molar-refractivity contribution in [3.8, 4) is 11.5 Å². The van der Waals surface area contributed by atoms with Crippen molar-refractivity contribution in [2.24, 2.45) is 0 Å². The SMILES string of the molecule is CN(C)Cc1cc(/C=C/C(=O)/C=C/c2ccc(O)c(CN(C)C)c2)ccc1O. The van der Waals surface area contributed by atoms with Crippen LogP contribution < -0.4 is 0 Å². The summed E-state index contributed by atoms with van der Waals surface area (Å²) < 4.78 is 0. The molecule has 148 valence electrons. The van der Waals surface area contributed by atoms with Gasteiger partial charge in [-0.25, -0.2) is 0 Å². The third-order valence-electron chi connectivity index (χ3n) is 4.06. The molecule has 0 bridgehead atoms. The maximum atomic E-state index is 12.2. The summed E-state index contributed by atoms with van der Waals surface area (Å²) in [5.74, 6) is 0.361. The largest absolute Gasteiger partial charge is 0.508 e. The van der Waals surface area contributed by atoms with E-state index < -0.39 is 0 Å². The van der Waals surface area contributed by atoms with Crippen molar-refractivity contribution in [3.05, 3.63) is 70.8 Å². The lowest BCUT2D eigenvalue weighted by Gasteiger charge is -2.11. The molecule has 0 unspecified atom stereocenters. The summed E-state index contributed by atoms with van der Waals surface area (Å²) in [6.45, 7) is 1.25. The number of phenols is 2. The number of ketones is 1. The number of aromatic hydroxyl groups is 2. The number of hydrogen-bond acceptors (Lipinski definition) is 5. The van der Waals surface area contributed by atoms with Crippen molar-refractivity contribution in [3.63, 3.8) is 0 Å². The van der Waals surface area contributed by atoms with Crippen LogP contribution in [0.2, 0.25) is 0 Å². The van der Waals surface area contributed by atoms with Crippen molar-refractivity contribution in [2.75, 3.05) is 28.2 Å². The van der Waals surface area contributed by atoms with Gasteiger partial charge in [-0.3, -0.25) is 4.79 Å². The zero-order valence-corrected chi connectivity index (χ0v) is 16.9. The average Bonchev–Trinajstić information content (AvgIpc) is 2.62. The lowest BCUT2D eigenvalue weighted by molar-refractivity contribution is -0.110. The number of carbonyl (C=O) groups excluding carboxylic acids is 1. The topological polar surface area (TPSA) is 64.0 Å². The predicted molar refractivity (Wildman–Crippen MR) is 114 cm³/mol. The number of carbonyl (C=O) groups is 1. The molecular weight excluding hydrogens is 352 g/mol. The van der Waals surface area contributed by atoms with E-state index in [1.54, 1.807) is 36.4 Å². The van der Waals surface area contributed by atoms with Gasteiger partial charge in [0.2, 0.25) is 0 Å². The van der Waals surface area contributed by atoms with E-state index in [9.17, 15) is 15.0 Å². The van der Waals surface area contributed by atoms with E-state index in [1.807, 2.05) is 50.1 Å². The minimum atomic E-state index is -0.135. The molecule has 0 aliphatic rings. The van der Waals surface area contributed by atoms with E-state index in [0.717, 1.165) is 22.3 Å². The Kier molecular flexibility index (Phi) is 7.55. The quantitative estimate of drug-likeness (QED) is 0.686. The standard InChI is InChI=1S/C23H28N2O3/c1-24(2)15-19-13-17(7-11-22(19)27)5-9-21(26)10-6-18-8-12-23(28)20(14-18)16-25(3)4/h5-14,27-28H,15-16H2,1-4H3/b9-5+,10-6+. The second-order valence-electron chi connectivity index (χ2n) is 7.32. The summed E-state index contributed by atoms with van der Waals surface area (Å²) in [5.41, 5.74) is 3.34. The molecule has 0 spiro atoms. The Morgan fingerprint density at radius 3 is 1.54 bits per heavy atom. The fraction of sp³-hybridized carbons (Fsp3) is 0.261. The molecule has 0 saturated carbocycles. The first-order chi connectivity index (χ1) is 13.2. The molecule has 0 aliphatic heterocycles. The predicted octanol–water partition coefficient (Wildman–Crippen LogP) is 3.52. The van der Waals surface area contributed by atoms with Gasteiger partial charge in [-0.1, -0.05) is 24.3 Å². The highest BCUT2D eigenvalue weighted by atomic mass is 16.3. The normalized spacial score (nSPS) is 11.9. The highest BCUT2D eigenvalue weighted by molar-refractivity contribution is 6.04. The van der Waals surface area contributed by atoms with Crippen LogP contribution >= 0.6 is 0 Å². The lowest BCUT2D eigenvalue weighted by atomic mass is 10.1. The first-order valence-electron chi connectivity index (χ1n) is 9.08. The van der Waals surface area contributed by atoms with Crippen molar-refractivity contribution < 1.29 is 15.0 Å². The van der Waals surface area contributed by atoms with Crippen molar-refractivity contribution in [1.29, 1.82) is 0 Å². The smallest absolute Gasteiger partial charge is 0.178 e. The maximum Gasteiger partial charge on any atom is 0.178 e.